The van der Waals surface area contributed by atoms with Gasteiger partial charge in [0.2, 0.25) is 11.8 Å². The van der Waals surface area contributed by atoms with E-state index in [0.29, 0.717) is 15.5 Å². The van der Waals surface area contributed by atoms with E-state index in [4.69, 9.17) is 0 Å². The zero-order valence-corrected chi connectivity index (χ0v) is 17.6. The number of amides is 2. The number of phenolic OH excluding ortho intramolecular Hbond substituents is 1. The maximum absolute atomic E-state index is 13.5. The highest BCUT2D eigenvalue weighted by atomic mass is 32.2. The first-order valence-corrected chi connectivity index (χ1v) is 11.1. The predicted molar refractivity (Wildman–Crippen MR) is 112 cm³/mol. The molecule has 1 fully saturated rings. The number of carbonyl (C=O) groups is 2. The first-order valence-electron chi connectivity index (χ1n) is 9.39. The Labute approximate surface area is 186 Å². The average Bonchev–Trinajstić information content (AvgIpc) is 3.23. The van der Waals surface area contributed by atoms with Crippen molar-refractivity contribution in [1.29, 1.82) is 0 Å². The van der Waals surface area contributed by atoms with Crippen molar-refractivity contribution in [3.63, 3.8) is 0 Å². The summed E-state index contributed by atoms with van der Waals surface area (Å²) >= 11 is 1.97. The smallest absolute Gasteiger partial charge is 0.416 e. The van der Waals surface area contributed by atoms with Gasteiger partial charge in [0.25, 0.3) is 0 Å². The highest BCUT2D eigenvalue weighted by molar-refractivity contribution is 8.00. The number of imide groups is 1. The Morgan fingerprint density at radius 2 is 1.72 bits per heavy atom. The van der Waals surface area contributed by atoms with Crippen LogP contribution in [0.25, 0.3) is 0 Å². The van der Waals surface area contributed by atoms with Gasteiger partial charge < -0.3 is 10.1 Å². The second-order valence-corrected chi connectivity index (χ2v) is 9.57. The number of halogens is 3. The summed E-state index contributed by atoms with van der Waals surface area (Å²) in [6, 6.07) is 10.2. The van der Waals surface area contributed by atoms with Crippen LogP contribution in [0.2, 0.25) is 0 Å². The molecule has 1 aromatic heterocycles. The van der Waals surface area contributed by atoms with E-state index in [1.54, 1.807) is 12.1 Å². The maximum atomic E-state index is 13.5. The number of nitrogens with zero attached hydrogens (tertiary/aromatic N) is 1. The number of anilines is 1. The third-order valence-corrected chi connectivity index (χ3v) is 7.91. The molecule has 2 unspecified atom stereocenters. The van der Waals surface area contributed by atoms with Crippen molar-refractivity contribution >= 4 is 40.6 Å². The van der Waals surface area contributed by atoms with Gasteiger partial charge in [-0.05, 0) is 35.9 Å². The van der Waals surface area contributed by atoms with Crippen LogP contribution in [-0.4, -0.2) is 27.2 Å². The van der Waals surface area contributed by atoms with E-state index in [-0.39, 0.29) is 16.3 Å². The summed E-state index contributed by atoms with van der Waals surface area (Å²) in [7, 11) is 0. The van der Waals surface area contributed by atoms with Crippen molar-refractivity contribution in [1.82, 2.24) is 4.98 Å². The molecule has 0 bridgehead atoms. The molecule has 0 spiro atoms. The molecule has 32 heavy (non-hydrogen) atoms. The van der Waals surface area contributed by atoms with Gasteiger partial charge in [-0.3, -0.25) is 14.4 Å². The molecule has 2 aliphatic heterocycles. The Kier molecular flexibility index (Phi) is 4.71. The van der Waals surface area contributed by atoms with Gasteiger partial charge in [0.1, 0.15) is 11.0 Å². The molecule has 0 aliphatic carbocycles. The van der Waals surface area contributed by atoms with Crippen LogP contribution in [0, 0.1) is 5.92 Å². The normalized spacial score (nSPS) is 22.7. The summed E-state index contributed by atoms with van der Waals surface area (Å²) in [4.78, 5) is 42.4. The molecule has 3 heterocycles. The number of aromatic nitrogens is 1. The molecule has 1 saturated heterocycles. The van der Waals surface area contributed by atoms with Gasteiger partial charge in [0.15, 0.2) is 0 Å². The van der Waals surface area contributed by atoms with E-state index < -0.39 is 40.6 Å². The van der Waals surface area contributed by atoms with E-state index in [2.05, 4.69) is 4.98 Å². The number of carbonyl (C=O) groups excluding carboxylic acids is 2. The summed E-state index contributed by atoms with van der Waals surface area (Å²) < 4.78 is 39.6. The largest absolute Gasteiger partial charge is 0.508 e. The van der Waals surface area contributed by atoms with E-state index in [0.717, 1.165) is 46.2 Å². The number of thiazole rings is 1. The van der Waals surface area contributed by atoms with Crippen molar-refractivity contribution in [2.45, 2.75) is 22.4 Å². The van der Waals surface area contributed by atoms with Crippen LogP contribution in [0.3, 0.4) is 0 Å². The number of rotatable bonds is 2. The Morgan fingerprint density at radius 1 is 1.00 bits per heavy atom. The van der Waals surface area contributed by atoms with Gasteiger partial charge in [-0.1, -0.05) is 41.3 Å². The molecule has 5 rings (SSSR count). The molecule has 6 nitrogen and oxygen atoms in total. The van der Waals surface area contributed by atoms with Crippen LogP contribution in [0.15, 0.2) is 58.4 Å². The summed E-state index contributed by atoms with van der Waals surface area (Å²) in [5.74, 6) is -2.82. The minimum atomic E-state index is -4.62. The summed E-state index contributed by atoms with van der Waals surface area (Å²) in [5.41, 5.74) is -0.496. The van der Waals surface area contributed by atoms with E-state index in [1.165, 1.54) is 18.2 Å². The number of H-pyrrole nitrogens is 1. The van der Waals surface area contributed by atoms with Gasteiger partial charge in [-0.2, -0.15) is 13.2 Å². The topological polar surface area (TPSA) is 90.5 Å². The summed E-state index contributed by atoms with van der Waals surface area (Å²) in [5, 5.41) is 9.19. The number of nitrogens with one attached hydrogen (secondary N) is 1. The van der Waals surface area contributed by atoms with Crippen molar-refractivity contribution in [2.24, 2.45) is 5.92 Å². The molecule has 2 amide bonds. The van der Waals surface area contributed by atoms with Gasteiger partial charge in [-0.25, -0.2) is 4.90 Å². The predicted octanol–water partition coefficient (Wildman–Crippen LogP) is 3.96. The van der Waals surface area contributed by atoms with E-state index in [1.807, 2.05) is 0 Å². The van der Waals surface area contributed by atoms with Crippen LogP contribution >= 0.6 is 23.1 Å². The Hall–Kier alpha value is -3.05. The quantitative estimate of drug-likeness (QED) is 0.545. The lowest BCUT2D eigenvalue weighted by molar-refractivity contribution is -0.137. The standard InChI is InChI=1S/C21H13F3N2O4S2/c22-21(23,24)10-2-1-3-11(8-10)26-18(28)14-13(9-4-6-12(27)7-5-9)15-17(25-20(30)32-15)31-16(14)19(26)29/h1-8,13-14,16,27H,(H,25,30)/t13-,14?,16?/m1/s1. The number of aromatic amines is 1. The first kappa shape index (κ1) is 20.8. The molecular formula is C21H13F3N2O4S2. The molecule has 164 valence electrons. The summed E-state index contributed by atoms with van der Waals surface area (Å²) in [6.45, 7) is 0. The van der Waals surface area contributed by atoms with Crippen molar-refractivity contribution in [3.8, 4) is 5.75 Å². The molecule has 3 aromatic rings. The number of hydrogen-bond acceptors (Lipinski definition) is 6. The minimum absolute atomic E-state index is 0.0115. The molecule has 2 aliphatic rings. The zero-order chi connectivity index (χ0) is 22.8. The lowest BCUT2D eigenvalue weighted by Crippen LogP contribution is -2.32. The third-order valence-electron chi connectivity index (χ3n) is 5.51. The SMILES string of the molecule is O=C1C2Sc3[nH]c(=O)sc3[C@H](c3ccc(O)cc3)C2C(=O)N1c1cccc(C(F)(F)F)c1. The molecule has 11 heteroatoms. The number of fused-ring (bicyclic) bond motifs is 2. The Bertz CT molecular complexity index is 1300. The highest BCUT2D eigenvalue weighted by Gasteiger charge is 2.56. The monoisotopic (exact) mass is 478 g/mol. The number of thioether (sulfide) groups is 1. The fraction of sp³-hybridized carbons (Fsp3) is 0.190. The Morgan fingerprint density at radius 3 is 2.41 bits per heavy atom. The zero-order valence-electron chi connectivity index (χ0n) is 15.9. The molecule has 2 N–H and O–H groups in total. The average molecular weight is 478 g/mol. The van der Waals surface area contributed by atoms with Gasteiger partial charge >= 0.3 is 11.0 Å². The third kappa shape index (κ3) is 3.23. The van der Waals surface area contributed by atoms with Crippen molar-refractivity contribution in [3.05, 3.63) is 74.2 Å². The number of benzene rings is 2. The first-order chi connectivity index (χ1) is 15.1. The maximum Gasteiger partial charge on any atom is 0.416 e. The lowest BCUT2D eigenvalue weighted by atomic mass is 9.83. The second-order valence-electron chi connectivity index (χ2n) is 7.40. The van der Waals surface area contributed by atoms with Crippen molar-refractivity contribution in [2.75, 3.05) is 4.90 Å². The van der Waals surface area contributed by atoms with Crippen LogP contribution < -0.4 is 9.77 Å². The fourth-order valence-corrected chi connectivity index (χ4v) is 6.65. The lowest BCUT2D eigenvalue weighted by Gasteiger charge is -2.29. The fourth-order valence-electron chi connectivity index (χ4n) is 4.13. The van der Waals surface area contributed by atoms with Gasteiger partial charge in [0, 0.05) is 10.8 Å². The van der Waals surface area contributed by atoms with Crippen LogP contribution in [0.1, 0.15) is 21.9 Å². The molecule has 3 atom stereocenters. The molecular weight excluding hydrogens is 465 g/mol. The van der Waals surface area contributed by atoms with Crippen molar-refractivity contribution < 1.29 is 27.9 Å². The van der Waals surface area contributed by atoms with Crippen LogP contribution in [0.4, 0.5) is 18.9 Å². The number of aromatic hydroxyl groups is 1. The van der Waals surface area contributed by atoms with E-state index >= 15 is 0 Å². The summed E-state index contributed by atoms with van der Waals surface area (Å²) in [6.07, 6.45) is -4.62. The Balaban J connectivity index is 1.62. The number of hydrogen-bond donors (Lipinski definition) is 2. The van der Waals surface area contributed by atoms with Crippen LogP contribution in [-0.2, 0) is 15.8 Å². The number of phenols is 1. The molecule has 2 aromatic carbocycles. The number of alkyl halides is 3. The van der Waals surface area contributed by atoms with E-state index in [9.17, 15) is 32.7 Å². The minimum Gasteiger partial charge on any atom is -0.508 e. The van der Waals surface area contributed by atoms with Gasteiger partial charge in [0.05, 0.1) is 22.2 Å². The molecule has 0 saturated carbocycles. The second kappa shape index (κ2) is 7.24. The highest BCUT2D eigenvalue weighted by Crippen LogP contribution is 2.53. The molecule has 0 radical (unpaired) electrons. The van der Waals surface area contributed by atoms with Crippen LogP contribution in [0.5, 0.6) is 5.75 Å². The van der Waals surface area contributed by atoms with Gasteiger partial charge in [-0.15, -0.1) is 0 Å².